The highest BCUT2D eigenvalue weighted by Gasteiger charge is 2.55. The average molecular weight is 1280 g/mol. The Balaban J connectivity index is 0.00000120. The molecule has 0 bridgehead atoms. The van der Waals surface area contributed by atoms with E-state index in [2.05, 4.69) is 15.8 Å². The number of esters is 2. The van der Waals surface area contributed by atoms with Crippen molar-refractivity contribution < 1.29 is 65.9 Å². The lowest BCUT2D eigenvalue weighted by Gasteiger charge is -2.49. The number of nitrogens with zero attached hydrogens (tertiary/aromatic N) is 6. The molecule has 0 spiro atoms. The van der Waals surface area contributed by atoms with E-state index in [-0.39, 0.29) is 23.7 Å². The Kier molecular flexibility index (Phi) is 19.8. The Bertz CT molecular complexity index is 3950. The maximum atomic E-state index is 15.0. The zero-order valence-electron chi connectivity index (χ0n) is 48.6. The lowest BCUT2D eigenvalue weighted by molar-refractivity contribution is -0.670. The molecule has 9 aromatic rings. The molecule has 2 aliphatic rings. The largest absolute Gasteiger partial charge is 0.542 e. The van der Waals surface area contributed by atoms with Crippen molar-refractivity contribution in [2.75, 3.05) is 23.9 Å². The monoisotopic (exact) mass is 1270 g/mol. The number of anilines is 1. The van der Waals surface area contributed by atoms with E-state index < -0.39 is 65.1 Å². The van der Waals surface area contributed by atoms with Crippen LogP contribution in [0.15, 0.2) is 221 Å². The molecular weight excluding hydrogens is 1220 g/mol. The molecule has 24 heteroatoms. The number of halogens is 3. The second-order valence-corrected chi connectivity index (χ2v) is 23.4. The van der Waals surface area contributed by atoms with Gasteiger partial charge in [0.05, 0.1) is 12.6 Å². The number of ether oxygens (including phenoxy) is 3. The molecule has 11 rings (SSSR count). The SMILES string of the molecule is COc1ccc(COC(=O)C2=C(CSc3nc4c[n+](C)ccc4n3C)CS[C@@H]3C(NC(=O)/C(=N/O[C@@H](C)C(=O)OC(c4ccccc4)c4ccccc4)c4csc(NC(c5ccccc5)(c5ccccc5)c5ccccc5)n4)C(=O)N23)cc1.O=C([O-])C(F)(F)F. The van der Waals surface area contributed by atoms with Crippen molar-refractivity contribution in [3.05, 3.63) is 250 Å². The summed E-state index contributed by atoms with van der Waals surface area (Å²) in [7, 11) is 5.44. The molecule has 5 heterocycles. The molecule has 460 valence electrons. The standard InChI is InChI=1S/C64H56N8O8S3.C2HF3O2/c1-41(60(75)79-56(43-20-10-5-11-21-43)44-22-12-6-13-23-44)80-69-53(51-40-82-62(65-51)68-64(46-24-14-7-15-25-46,47-26-16-8-17-27-47)48-28-18-9-19-29-48)57(73)67-54-58(74)72-55(61(76)78-37-42-30-32-49(77-4)33-31-42)45(38-81-59(54)72)39-83-63-66-50-36-70(2)35-34-52(50)71(63)3;3-2(4,5)1(6)7/h5-36,40-41,54,56,59H,37-39H2,1-4H3,(H-,65,67,68,73);(H,6,7)/b69-53+;/t41-,54?,59+;/m0./s1. The van der Waals surface area contributed by atoms with Crippen molar-refractivity contribution in [1.82, 2.24) is 24.8 Å². The number of aromatic nitrogens is 4. The smallest absolute Gasteiger partial charge is 0.430 e. The van der Waals surface area contributed by atoms with Gasteiger partial charge in [-0.05, 0) is 58.0 Å². The Labute approximate surface area is 527 Å². The molecule has 0 saturated carbocycles. The van der Waals surface area contributed by atoms with Gasteiger partial charge in [-0.3, -0.25) is 14.5 Å². The highest BCUT2D eigenvalue weighted by atomic mass is 32.2. The molecule has 1 saturated heterocycles. The van der Waals surface area contributed by atoms with Crippen LogP contribution >= 0.6 is 34.9 Å². The van der Waals surface area contributed by atoms with Gasteiger partial charge in [-0.1, -0.05) is 181 Å². The van der Waals surface area contributed by atoms with Gasteiger partial charge in [0.1, 0.15) is 53.7 Å². The number of thiazole rings is 1. The number of hydrogen-bond acceptors (Lipinski definition) is 17. The molecule has 2 N–H and O–H groups in total. The van der Waals surface area contributed by atoms with Crippen LogP contribution in [0, 0.1) is 0 Å². The van der Waals surface area contributed by atoms with E-state index in [1.807, 2.05) is 193 Å². The number of imidazole rings is 1. The van der Waals surface area contributed by atoms with Gasteiger partial charge in [-0.2, -0.15) is 13.2 Å². The van der Waals surface area contributed by atoms with Gasteiger partial charge in [0, 0.05) is 30.0 Å². The molecule has 2 amide bonds. The third-order valence-corrected chi connectivity index (χ3v) is 17.7. The maximum Gasteiger partial charge on any atom is 0.430 e. The van der Waals surface area contributed by atoms with E-state index in [1.165, 1.54) is 46.7 Å². The molecule has 2 aliphatic heterocycles. The second kappa shape index (κ2) is 28.1. The van der Waals surface area contributed by atoms with Crippen molar-refractivity contribution in [2.24, 2.45) is 19.3 Å². The second-order valence-electron chi connectivity index (χ2n) is 20.5. The molecule has 6 aromatic carbocycles. The summed E-state index contributed by atoms with van der Waals surface area (Å²) in [5.74, 6) is -4.47. The Morgan fingerprint density at radius 3 is 1.91 bits per heavy atom. The number of aliphatic carboxylic acids is 1. The summed E-state index contributed by atoms with van der Waals surface area (Å²) in [5, 5.41) is 21.9. The number of pyridine rings is 1. The van der Waals surface area contributed by atoms with Crippen molar-refractivity contribution in [3.8, 4) is 5.75 Å². The molecule has 0 aliphatic carbocycles. The summed E-state index contributed by atoms with van der Waals surface area (Å²) in [5.41, 5.74) is 6.36. The van der Waals surface area contributed by atoms with Crippen LogP contribution in [0.1, 0.15) is 52.1 Å². The molecular formula is C66H57F3N8O10S3. The summed E-state index contributed by atoms with van der Waals surface area (Å²) in [6.45, 7) is 1.42. The van der Waals surface area contributed by atoms with Crippen molar-refractivity contribution in [2.45, 2.75) is 54.0 Å². The third kappa shape index (κ3) is 14.2. The van der Waals surface area contributed by atoms with Gasteiger partial charge in [-0.15, -0.1) is 23.1 Å². The minimum Gasteiger partial charge on any atom is -0.542 e. The molecule has 3 atom stereocenters. The van der Waals surface area contributed by atoms with Gasteiger partial charge in [0.2, 0.25) is 6.10 Å². The first kappa shape index (κ1) is 63.2. The van der Waals surface area contributed by atoms with Crippen LogP contribution in [0.4, 0.5) is 18.3 Å². The number of amides is 2. The summed E-state index contributed by atoms with van der Waals surface area (Å²) in [6.07, 6.45) is -3.39. The number of methoxy groups -OCH3 is 1. The van der Waals surface area contributed by atoms with E-state index >= 15 is 4.79 Å². The number of hydrogen-bond donors (Lipinski definition) is 2. The number of rotatable bonds is 21. The van der Waals surface area contributed by atoms with Gasteiger partial charge < -0.3 is 44.1 Å². The first-order valence-corrected chi connectivity index (χ1v) is 30.8. The predicted molar refractivity (Wildman–Crippen MR) is 331 cm³/mol. The highest BCUT2D eigenvalue weighted by molar-refractivity contribution is 8.01. The Morgan fingerprint density at radius 2 is 1.37 bits per heavy atom. The first-order valence-electron chi connectivity index (χ1n) is 27.9. The van der Waals surface area contributed by atoms with Gasteiger partial charge in [0.15, 0.2) is 40.0 Å². The van der Waals surface area contributed by atoms with E-state index in [1.54, 1.807) is 36.8 Å². The number of aryl methyl sites for hydroxylation is 2. The number of carbonyl (C=O) groups excluding carboxylic acids is 5. The lowest BCUT2D eigenvalue weighted by atomic mass is 9.77. The Morgan fingerprint density at radius 1 is 0.811 bits per heavy atom. The Hall–Kier alpha value is -9.78. The topological polar surface area (TPSA) is 220 Å². The zero-order valence-corrected chi connectivity index (χ0v) is 51.1. The summed E-state index contributed by atoms with van der Waals surface area (Å²) in [4.78, 5) is 84.2. The van der Waals surface area contributed by atoms with Gasteiger partial charge in [-0.25, -0.2) is 24.1 Å². The summed E-state index contributed by atoms with van der Waals surface area (Å²) < 4.78 is 52.9. The van der Waals surface area contributed by atoms with E-state index in [0.29, 0.717) is 28.0 Å². The fraction of sp³-hybridized carbons (Fsp3) is 0.197. The van der Waals surface area contributed by atoms with Crippen LogP contribution in [0.25, 0.3) is 11.0 Å². The first-order chi connectivity index (χ1) is 43.4. The number of carbonyl (C=O) groups is 5. The van der Waals surface area contributed by atoms with Crippen molar-refractivity contribution in [1.29, 1.82) is 0 Å². The third-order valence-electron chi connectivity index (χ3n) is 14.5. The van der Waals surface area contributed by atoms with Crippen LogP contribution in [-0.4, -0.2) is 97.2 Å². The molecule has 1 unspecified atom stereocenters. The summed E-state index contributed by atoms with van der Waals surface area (Å²) in [6, 6.07) is 56.7. The molecule has 90 heavy (non-hydrogen) atoms. The van der Waals surface area contributed by atoms with Gasteiger partial charge >= 0.3 is 18.1 Å². The quantitative estimate of drug-likeness (QED) is 0.0130. The molecule has 0 radical (unpaired) electrons. The van der Waals surface area contributed by atoms with E-state index in [4.69, 9.17) is 38.9 Å². The van der Waals surface area contributed by atoms with Crippen LogP contribution in [-0.2, 0) is 64.5 Å². The number of benzene rings is 6. The number of alkyl halides is 3. The number of thioether (sulfide) groups is 2. The van der Waals surface area contributed by atoms with Crippen LogP contribution in [0.3, 0.4) is 0 Å². The van der Waals surface area contributed by atoms with Crippen LogP contribution in [0.5, 0.6) is 5.75 Å². The minimum atomic E-state index is -5.19. The number of nitrogens with one attached hydrogen (secondary N) is 2. The van der Waals surface area contributed by atoms with Gasteiger partial charge in [0.25, 0.3) is 11.8 Å². The summed E-state index contributed by atoms with van der Waals surface area (Å²) >= 11 is 4.09. The average Bonchev–Trinajstić information content (AvgIpc) is 0.879. The fourth-order valence-electron chi connectivity index (χ4n) is 10.00. The highest BCUT2D eigenvalue weighted by Crippen LogP contribution is 2.44. The number of carboxylic acid groups (broad SMARTS) is 1. The maximum absolute atomic E-state index is 15.0. The number of carboxylic acids is 1. The molecule has 1 fully saturated rings. The predicted octanol–water partition coefficient (Wildman–Crippen LogP) is 9.20. The van der Waals surface area contributed by atoms with Crippen LogP contribution in [0.2, 0.25) is 0 Å². The zero-order chi connectivity index (χ0) is 63.5. The van der Waals surface area contributed by atoms with E-state index in [0.717, 1.165) is 49.6 Å². The van der Waals surface area contributed by atoms with Crippen molar-refractivity contribution >= 4 is 86.5 Å². The molecule has 3 aromatic heterocycles. The number of fused-ring (bicyclic) bond motifs is 2. The lowest BCUT2D eigenvalue weighted by Crippen LogP contribution is -2.71. The normalized spacial score (nSPS) is 15.2. The van der Waals surface area contributed by atoms with E-state index in [9.17, 15) is 27.6 Å². The number of oxime groups is 1. The van der Waals surface area contributed by atoms with Crippen LogP contribution < -0.4 is 25.0 Å². The fourth-order valence-corrected chi connectivity index (χ4v) is 13.2. The van der Waals surface area contributed by atoms with Crippen molar-refractivity contribution in [3.63, 3.8) is 0 Å². The number of β-lactam (4-membered cyclic amide) rings is 1. The molecule has 18 nitrogen and oxygen atoms in total. The minimum absolute atomic E-state index is 0.0624.